The largest absolute Gasteiger partial charge is 0.394 e. The van der Waals surface area contributed by atoms with Gasteiger partial charge in [0.1, 0.15) is 18.4 Å². The van der Waals surface area contributed by atoms with Gasteiger partial charge >= 0.3 is 0 Å². The lowest BCUT2D eigenvalue weighted by atomic mass is 10.0. The molecule has 0 bridgehead atoms. The molecule has 1 aromatic carbocycles. The summed E-state index contributed by atoms with van der Waals surface area (Å²) in [4.78, 5) is 48.8. The third-order valence-corrected chi connectivity index (χ3v) is 4.84. The fourth-order valence-electron chi connectivity index (χ4n) is 2.88. The van der Waals surface area contributed by atoms with Crippen LogP contribution in [0.2, 0.25) is 0 Å². The number of aldehydes is 1. The molecular formula is C22H34N4O5. The van der Waals surface area contributed by atoms with Crippen molar-refractivity contribution in [2.75, 3.05) is 6.61 Å². The van der Waals surface area contributed by atoms with Crippen LogP contribution in [-0.4, -0.2) is 59.9 Å². The van der Waals surface area contributed by atoms with Gasteiger partial charge in [-0.1, -0.05) is 57.5 Å². The molecular weight excluding hydrogens is 400 g/mol. The van der Waals surface area contributed by atoms with E-state index in [1.165, 1.54) is 0 Å². The number of benzene rings is 1. The van der Waals surface area contributed by atoms with Crippen LogP contribution in [0.25, 0.3) is 0 Å². The molecule has 0 saturated heterocycles. The number of amides is 3. The van der Waals surface area contributed by atoms with Crippen molar-refractivity contribution >= 4 is 24.0 Å². The van der Waals surface area contributed by atoms with Crippen LogP contribution < -0.4 is 21.7 Å². The molecule has 6 N–H and O–H groups in total. The summed E-state index contributed by atoms with van der Waals surface area (Å²) in [5, 5.41) is 17.1. The molecule has 0 aromatic heterocycles. The highest BCUT2D eigenvalue weighted by atomic mass is 16.3. The lowest BCUT2D eigenvalue weighted by Gasteiger charge is -2.24. The SMILES string of the molecule is CCC[C@H](NC(=O)[C@H](CO)NC(=O)[C@@H](N)C(C)C)C(=O)N[C@H](C=O)Cc1ccccc1. The summed E-state index contributed by atoms with van der Waals surface area (Å²) in [5.74, 6) is -1.92. The van der Waals surface area contributed by atoms with Gasteiger partial charge in [-0.25, -0.2) is 0 Å². The van der Waals surface area contributed by atoms with Crippen molar-refractivity contribution in [2.45, 2.75) is 64.2 Å². The Balaban J connectivity index is 2.77. The summed E-state index contributed by atoms with van der Waals surface area (Å²) in [5.41, 5.74) is 6.66. The topological polar surface area (TPSA) is 151 Å². The van der Waals surface area contributed by atoms with E-state index in [4.69, 9.17) is 5.73 Å². The molecule has 3 amide bonds. The van der Waals surface area contributed by atoms with Crippen LogP contribution in [0, 0.1) is 5.92 Å². The zero-order chi connectivity index (χ0) is 23.4. The molecule has 9 nitrogen and oxygen atoms in total. The minimum atomic E-state index is -1.24. The van der Waals surface area contributed by atoms with E-state index >= 15 is 0 Å². The summed E-state index contributed by atoms with van der Waals surface area (Å²) in [7, 11) is 0. The van der Waals surface area contributed by atoms with Crippen LogP contribution in [0.4, 0.5) is 0 Å². The van der Waals surface area contributed by atoms with E-state index in [-0.39, 0.29) is 5.92 Å². The van der Waals surface area contributed by atoms with Crippen LogP contribution in [-0.2, 0) is 25.6 Å². The number of carbonyl (C=O) groups excluding carboxylic acids is 4. The maximum absolute atomic E-state index is 12.7. The van der Waals surface area contributed by atoms with Crippen molar-refractivity contribution in [1.82, 2.24) is 16.0 Å². The highest BCUT2D eigenvalue weighted by Gasteiger charge is 2.28. The van der Waals surface area contributed by atoms with E-state index < -0.39 is 48.5 Å². The van der Waals surface area contributed by atoms with E-state index in [2.05, 4.69) is 16.0 Å². The maximum Gasteiger partial charge on any atom is 0.245 e. The molecule has 0 aliphatic rings. The van der Waals surface area contributed by atoms with E-state index in [0.717, 1.165) is 5.56 Å². The molecule has 9 heteroatoms. The highest BCUT2D eigenvalue weighted by molar-refractivity contribution is 5.93. The van der Waals surface area contributed by atoms with Gasteiger partial charge in [-0.2, -0.15) is 0 Å². The van der Waals surface area contributed by atoms with Gasteiger partial charge in [0.15, 0.2) is 0 Å². The van der Waals surface area contributed by atoms with Crippen LogP contribution in [0.3, 0.4) is 0 Å². The van der Waals surface area contributed by atoms with Gasteiger partial charge in [0.2, 0.25) is 17.7 Å². The van der Waals surface area contributed by atoms with Gasteiger partial charge in [-0.15, -0.1) is 0 Å². The van der Waals surface area contributed by atoms with Crippen molar-refractivity contribution in [3.8, 4) is 0 Å². The molecule has 0 radical (unpaired) electrons. The van der Waals surface area contributed by atoms with E-state index in [9.17, 15) is 24.3 Å². The summed E-state index contributed by atoms with van der Waals surface area (Å²) in [6.07, 6.45) is 1.90. The predicted molar refractivity (Wildman–Crippen MR) is 117 cm³/mol. The lowest BCUT2D eigenvalue weighted by molar-refractivity contribution is -0.134. The Labute approximate surface area is 183 Å². The molecule has 4 atom stereocenters. The third-order valence-electron chi connectivity index (χ3n) is 4.84. The van der Waals surface area contributed by atoms with Gasteiger partial charge in [0.25, 0.3) is 0 Å². The Morgan fingerprint density at radius 1 is 1.00 bits per heavy atom. The van der Waals surface area contributed by atoms with E-state index in [0.29, 0.717) is 25.5 Å². The Kier molecular flexibility index (Phi) is 11.4. The lowest BCUT2D eigenvalue weighted by Crippen LogP contribution is -2.58. The van der Waals surface area contributed by atoms with E-state index in [1.54, 1.807) is 13.8 Å². The fourth-order valence-corrected chi connectivity index (χ4v) is 2.88. The zero-order valence-electron chi connectivity index (χ0n) is 18.3. The fraction of sp³-hybridized carbons (Fsp3) is 0.545. The normalized spacial score (nSPS) is 14.8. The number of hydrogen-bond donors (Lipinski definition) is 5. The van der Waals surface area contributed by atoms with Gasteiger partial charge in [-0.3, -0.25) is 14.4 Å². The molecule has 1 rings (SSSR count). The molecule has 31 heavy (non-hydrogen) atoms. The molecule has 0 heterocycles. The van der Waals surface area contributed by atoms with Crippen LogP contribution in [0.1, 0.15) is 39.2 Å². The maximum atomic E-state index is 12.7. The molecule has 0 unspecified atom stereocenters. The van der Waals surface area contributed by atoms with Gasteiger partial charge in [0, 0.05) is 0 Å². The summed E-state index contributed by atoms with van der Waals surface area (Å²) >= 11 is 0. The number of aliphatic hydroxyl groups excluding tert-OH is 1. The number of carbonyl (C=O) groups is 4. The summed E-state index contributed by atoms with van der Waals surface area (Å²) in [6, 6.07) is 5.51. The van der Waals surface area contributed by atoms with Gasteiger partial charge < -0.3 is 31.6 Å². The first-order valence-corrected chi connectivity index (χ1v) is 10.5. The first-order chi connectivity index (χ1) is 14.7. The third kappa shape index (κ3) is 8.85. The van der Waals surface area contributed by atoms with Crippen LogP contribution in [0.5, 0.6) is 0 Å². The average Bonchev–Trinajstić information content (AvgIpc) is 2.76. The molecule has 0 fully saturated rings. The monoisotopic (exact) mass is 434 g/mol. The molecule has 0 spiro atoms. The predicted octanol–water partition coefficient (Wildman–Crippen LogP) is -0.342. The summed E-state index contributed by atoms with van der Waals surface area (Å²) in [6.45, 7) is 4.73. The zero-order valence-corrected chi connectivity index (χ0v) is 18.3. The first kappa shape index (κ1) is 26.3. The second-order valence-corrected chi connectivity index (χ2v) is 7.80. The highest BCUT2D eigenvalue weighted by Crippen LogP contribution is 2.05. The average molecular weight is 435 g/mol. The first-order valence-electron chi connectivity index (χ1n) is 10.5. The summed E-state index contributed by atoms with van der Waals surface area (Å²) < 4.78 is 0. The Morgan fingerprint density at radius 3 is 2.10 bits per heavy atom. The molecule has 1 aromatic rings. The number of nitrogens with one attached hydrogen (secondary N) is 3. The number of nitrogens with two attached hydrogens (primary N) is 1. The minimum Gasteiger partial charge on any atom is -0.394 e. The minimum absolute atomic E-state index is 0.147. The van der Waals surface area contributed by atoms with E-state index in [1.807, 2.05) is 37.3 Å². The molecule has 0 aliphatic heterocycles. The van der Waals surface area contributed by atoms with Crippen molar-refractivity contribution in [1.29, 1.82) is 0 Å². The number of rotatable bonds is 13. The number of hydrogen-bond acceptors (Lipinski definition) is 6. The van der Waals surface area contributed by atoms with Crippen molar-refractivity contribution in [3.63, 3.8) is 0 Å². The quantitative estimate of drug-likeness (QED) is 0.268. The standard InChI is InChI=1S/C22H34N4O5/c1-4-8-17(20(29)24-16(12-27)11-15-9-6-5-7-10-15)25-21(30)18(13-28)26-22(31)19(23)14(2)3/h5-7,9-10,12,14,16-19,28H,4,8,11,13,23H2,1-3H3,(H,24,29)(H,25,30)(H,26,31)/t16-,17-,18-,19-/m0/s1. The molecule has 0 aliphatic carbocycles. The van der Waals surface area contributed by atoms with Crippen molar-refractivity contribution in [3.05, 3.63) is 35.9 Å². The Bertz CT molecular complexity index is 726. The second kappa shape index (κ2) is 13.5. The Morgan fingerprint density at radius 2 is 1.58 bits per heavy atom. The molecule has 0 saturated carbocycles. The number of aliphatic hydroxyl groups is 1. The molecule has 172 valence electrons. The van der Waals surface area contributed by atoms with Crippen LogP contribution >= 0.6 is 0 Å². The smallest absolute Gasteiger partial charge is 0.245 e. The van der Waals surface area contributed by atoms with Gasteiger partial charge in [-0.05, 0) is 24.3 Å². The van der Waals surface area contributed by atoms with Crippen LogP contribution in [0.15, 0.2) is 30.3 Å². The second-order valence-electron chi connectivity index (χ2n) is 7.80. The van der Waals surface area contributed by atoms with Gasteiger partial charge in [0.05, 0.1) is 18.7 Å². The van der Waals surface area contributed by atoms with Crippen molar-refractivity contribution < 1.29 is 24.3 Å². The van der Waals surface area contributed by atoms with Crippen molar-refractivity contribution in [2.24, 2.45) is 11.7 Å². The Hall–Kier alpha value is -2.78.